The predicted molar refractivity (Wildman–Crippen MR) is 103 cm³/mol. The Labute approximate surface area is 166 Å². The molecule has 28 heavy (non-hydrogen) atoms. The quantitative estimate of drug-likeness (QED) is 0.536. The molecule has 0 aliphatic carbocycles. The summed E-state index contributed by atoms with van der Waals surface area (Å²) in [4.78, 5) is 25.7. The molecule has 0 radical (unpaired) electrons. The van der Waals surface area contributed by atoms with Crippen molar-refractivity contribution in [1.29, 1.82) is 0 Å². The van der Waals surface area contributed by atoms with Gasteiger partial charge in [-0.05, 0) is 25.1 Å². The molecular formula is C17H19N3O6S2. The standard InChI is InChI=1S/C17H19N3O6S2/c1-12-3-6-16(27-12)28(24,25)19-9-7-18(8-10-19)17(21)14-11-13(20(22)23)4-5-15(14)26-2/h3-6,11H,7-10H2,1-2H3. The van der Waals surface area contributed by atoms with Crippen molar-refractivity contribution < 1.29 is 22.9 Å². The fourth-order valence-corrected chi connectivity index (χ4v) is 5.82. The van der Waals surface area contributed by atoms with Gasteiger partial charge in [0.05, 0.1) is 17.6 Å². The number of carbonyl (C=O) groups excluding carboxylic acids is 1. The van der Waals surface area contributed by atoms with Crippen LogP contribution in [0.25, 0.3) is 0 Å². The molecule has 0 atom stereocenters. The first-order valence-electron chi connectivity index (χ1n) is 8.42. The summed E-state index contributed by atoms with van der Waals surface area (Å²) in [7, 11) is -2.21. The number of methoxy groups -OCH3 is 1. The van der Waals surface area contributed by atoms with Crippen LogP contribution in [0.1, 0.15) is 15.2 Å². The zero-order valence-electron chi connectivity index (χ0n) is 15.3. The molecule has 0 N–H and O–H groups in total. The normalized spacial score (nSPS) is 15.4. The van der Waals surface area contributed by atoms with E-state index in [1.165, 1.54) is 45.9 Å². The SMILES string of the molecule is COc1ccc([N+](=O)[O-])cc1C(=O)N1CCN(S(=O)(=O)c2ccc(C)s2)CC1. The Kier molecular flexibility index (Phi) is 5.68. The number of hydrogen-bond acceptors (Lipinski definition) is 7. The van der Waals surface area contributed by atoms with Gasteiger partial charge in [-0.15, -0.1) is 11.3 Å². The van der Waals surface area contributed by atoms with Gasteiger partial charge in [-0.25, -0.2) is 8.42 Å². The molecule has 1 amide bonds. The fourth-order valence-electron chi connectivity index (χ4n) is 2.96. The second kappa shape index (κ2) is 7.86. The summed E-state index contributed by atoms with van der Waals surface area (Å²) >= 11 is 1.21. The Morgan fingerprint density at radius 1 is 1.18 bits per heavy atom. The molecule has 150 valence electrons. The zero-order chi connectivity index (χ0) is 20.5. The second-order valence-corrected chi connectivity index (χ2v) is 9.66. The average molecular weight is 425 g/mol. The summed E-state index contributed by atoms with van der Waals surface area (Å²) in [5.41, 5.74) is -0.125. The van der Waals surface area contributed by atoms with Gasteiger partial charge in [0.1, 0.15) is 9.96 Å². The van der Waals surface area contributed by atoms with Crippen LogP contribution in [-0.2, 0) is 10.0 Å². The fraction of sp³-hybridized carbons (Fsp3) is 0.353. The van der Waals surface area contributed by atoms with Crippen molar-refractivity contribution in [3.8, 4) is 5.75 Å². The van der Waals surface area contributed by atoms with E-state index in [0.29, 0.717) is 0 Å². The monoisotopic (exact) mass is 425 g/mol. The summed E-state index contributed by atoms with van der Waals surface area (Å²) in [6.45, 7) is 2.53. The number of ether oxygens (including phenoxy) is 1. The topological polar surface area (TPSA) is 110 Å². The van der Waals surface area contributed by atoms with Gasteiger partial charge >= 0.3 is 0 Å². The van der Waals surface area contributed by atoms with Crippen molar-refractivity contribution in [3.63, 3.8) is 0 Å². The van der Waals surface area contributed by atoms with Gasteiger partial charge in [0.15, 0.2) is 0 Å². The number of hydrogen-bond donors (Lipinski definition) is 0. The molecule has 1 saturated heterocycles. The summed E-state index contributed by atoms with van der Waals surface area (Å²) in [6.07, 6.45) is 0. The number of sulfonamides is 1. The van der Waals surface area contributed by atoms with Crippen LogP contribution in [-0.4, -0.2) is 61.7 Å². The highest BCUT2D eigenvalue weighted by molar-refractivity contribution is 7.91. The molecule has 1 aromatic heterocycles. The van der Waals surface area contributed by atoms with Crippen LogP contribution < -0.4 is 4.74 Å². The molecule has 11 heteroatoms. The summed E-state index contributed by atoms with van der Waals surface area (Å²) in [5.74, 6) is -0.190. The van der Waals surface area contributed by atoms with Gasteiger partial charge in [-0.3, -0.25) is 14.9 Å². The molecule has 2 heterocycles. The Hall–Kier alpha value is -2.50. The maximum absolute atomic E-state index is 12.8. The third-order valence-corrected chi connectivity index (χ3v) is 7.83. The Balaban J connectivity index is 1.76. The number of non-ortho nitro benzene ring substituents is 1. The molecule has 0 saturated carbocycles. The van der Waals surface area contributed by atoms with Gasteiger partial charge in [0.2, 0.25) is 0 Å². The predicted octanol–water partition coefficient (Wildman–Crippen LogP) is 2.12. The lowest BCUT2D eigenvalue weighted by Gasteiger charge is -2.33. The number of piperazine rings is 1. The second-order valence-electron chi connectivity index (χ2n) is 6.20. The number of amides is 1. The van der Waals surface area contributed by atoms with Crippen LogP contribution in [0.3, 0.4) is 0 Å². The van der Waals surface area contributed by atoms with E-state index in [4.69, 9.17) is 4.74 Å². The Morgan fingerprint density at radius 3 is 2.39 bits per heavy atom. The Morgan fingerprint density at radius 2 is 1.86 bits per heavy atom. The number of nitro groups is 1. The van der Waals surface area contributed by atoms with Crippen molar-refractivity contribution in [1.82, 2.24) is 9.21 Å². The van der Waals surface area contributed by atoms with Crippen LogP contribution in [0.15, 0.2) is 34.5 Å². The van der Waals surface area contributed by atoms with Crippen molar-refractivity contribution >= 4 is 33.0 Å². The highest BCUT2D eigenvalue weighted by atomic mass is 32.2. The van der Waals surface area contributed by atoms with Gasteiger partial charge in [0.25, 0.3) is 21.6 Å². The third-order valence-electron chi connectivity index (χ3n) is 4.46. The number of rotatable bonds is 5. The molecule has 3 rings (SSSR count). The van der Waals surface area contributed by atoms with Crippen LogP contribution in [0.2, 0.25) is 0 Å². The third kappa shape index (κ3) is 3.86. The van der Waals surface area contributed by atoms with E-state index >= 15 is 0 Å². The number of aryl methyl sites for hydroxylation is 1. The minimum Gasteiger partial charge on any atom is -0.496 e. The maximum Gasteiger partial charge on any atom is 0.270 e. The van der Waals surface area contributed by atoms with E-state index in [1.54, 1.807) is 12.1 Å². The summed E-state index contributed by atoms with van der Waals surface area (Å²) < 4.78 is 32.2. The molecule has 1 aliphatic rings. The van der Waals surface area contributed by atoms with Crippen LogP contribution in [0.4, 0.5) is 5.69 Å². The van der Waals surface area contributed by atoms with Crippen molar-refractivity contribution in [2.24, 2.45) is 0 Å². The molecule has 9 nitrogen and oxygen atoms in total. The molecule has 1 aliphatic heterocycles. The van der Waals surface area contributed by atoms with Gasteiger partial charge < -0.3 is 9.64 Å². The minimum atomic E-state index is -3.59. The largest absolute Gasteiger partial charge is 0.496 e. The van der Waals surface area contributed by atoms with E-state index in [-0.39, 0.29) is 47.4 Å². The van der Waals surface area contributed by atoms with E-state index in [2.05, 4.69) is 0 Å². The smallest absolute Gasteiger partial charge is 0.270 e. The molecule has 0 spiro atoms. The van der Waals surface area contributed by atoms with Crippen molar-refractivity contribution in [2.75, 3.05) is 33.3 Å². The van der Waals surface area contributed by atoms with Crippen molar-refractivity contribution in [2.45, 2.75) is 11.1 Å². The van der Waals surface area contributed by atoms with Gasteiger partial charge in [-0.1, -0.05) is 0 Å². The first-order valence-corrected chi connectivity index (χ1v) is 10.7. The molecular weight excluding hydrogens is 406 g/mol. The number of nitro benzene ring substituents is 1. The number of carbonyl (C=O) groups is 1. The highest BCUT2D eigenvalue weighted by Crippen LogP contribution is 2.28. The minimum absolute atomic E-state index is 0.0851. The summed E-state index contributed by atoms with van der Waals surface area (Å²) in [5, 5.41) is 11.0. The van der Waals surface area contributed by atoms with Gasteiger partial charge in [-0.2, -0.15) is 4.31 Å². The lowest BCUT2D eigenvalue weighted by Crippen LogP contribution is -2.50. The van der Waals surface area contributed by atoms with Crippen molar-refractivity contribution in [3.05, 3.63) is 50.9 Å². The molecule has 0 bridgehead atoms. The molecule has 0 unspecified atom stereocenters. The molecule has 2 aromatic rings. The Bertz CT molecular complexity index is 1010. The number of nitrogens with zero attached hydrogens (tertiary/aromatic N) is 3. The van der Waals surface area contributed by atoms with E-state index in [9.17, 15) is 23.3 Å². The number of benzene rings is 1. The lowest BCUT2D eigenvalue weighted by molar-refractivity contribution is -0.384. The van der Waals surface area contributed by atoms with Crippen LogP contribution >= 0.6 is 11.3 Å². The van der Waals surface area contributed by atoms with E-state index < -0.39 is 20.9 Å². The average Bonchev–Trinajstić information content (AvgIpc) is 3.14. The zero-order valence-corrected chi connectivity index (χ0v) is 17.0. The first-order chi connectivity index (χ1) is 13.2. The molecule has 1 fully saturated rings. The lowest BCUT2D eigenvalue weighted by atomic mass is 10.1. The molecule has 1 aromatic carbocycles. The van der Waals surface area contributed by atoms with E-state index in [0.717, 1.165) is 4.88 Å². The van der Waals surface area contributed by atoms with Crippen LogP contribution in [0.5, 0.6) is 5.75 Å². The van der Waals surface area contributed by atoms with Crippen LogP contribution in [0, 0.1) is 17.0 Å². The van der Waals surface area contributed by atoms with Gasteiger partial charge in [0, 0.05) is 43.2 Å². The number of thiophene rings is 1. The van der Waals surface area contributed by atoms with E-state index in [1.807, 2.05) is 6.92 Å². The first kappa shape index (κ1) is 20.2. The highest BCUT2D eigenvalue weighted by Gasteiger charge is 2.32. The summed E-state index contributed by atoms with van der Waals surface area (Å²) in [6, 6.07) is 7.17. The maximum atomic E-state index is 12.8.